The van der Waals surface area contributed by atoms with Gasteiger partial charge in [0.15, 0.2) is 5.78 Å². The summed E-state index contributed by atoms with van der Waals surface area (Å²) >= 11 is 5.98. The molecule has 0 aromatic heterocycles. The summed E-state index contributed by atoms with van der Waals surface area (Å²) in [4.78, 5) is 13.0. The third-order valence-corrected chi connectivity index (χ3v) is 5.25. The predicted octanol–water partition coefficient (Wildman–Crippen LogP) is 2.56. The SMILES string of the molecule is CC(NCCC(=O)/C(=C/c1ccc(Cl)cc1)c1ccccc1)C(O)c1ccccc1.[Cl-]. The van der Waals surface area contributed by atoms with Gasteiger partial charge in [-0.05, 0) is 41.8 Å². The number of aliphatic hydroxyl groups is 1. The highest BCUT2D eigenvalue weighted by molar-refractivity contribution is 6.30. The zero-order chi connectivity index (χ0) is 21.3. The zero-order valence-electron chi connectivity index (χ0n) is 17.3. The second-order valence-corrected chi connectivity index (χ2v) is 7.68. The number of nitrogens with one attached hydrogen (secondary N) is 1. The molecular formula is C26H26Cl2NO2-. The van der Waals surface area contributed by atoms with Crippen molar-refractivity contribution in [2.75, 3.05) is 6.54 Å². The van der Waals surface area contributed by atoms with Crippen LogP contribution in [0.1, 0.15) is 36.1 Å². The number of carbonyl (C=O) groups excluding carboxylic acids is 1. The molecule has 0 radical (unpaired) electrons. The zero-order valence-corrected chi connectivity index (χ0v) is 18.9. The Kier molecular flexibility index (Phi) is 9.96. The highest BCUT2D eigenvalue weighted by Crippen LogP contribution is 2.22. The molecule has 0 saturated carbocycles. The Balaban J connectivity index is 0.00000341. The highest BCUT2D eigenvalue weighted by atomic mass is 35.5. The second kappa shape index (κ2) is 12.4. The number of allylic oxidation sites excluding steroid dienone is 1. The summed E-state index contributed by atoms with van der Waals surface area (Å²) in [5.41, 5.74) is 3.33. The van der Waals surface area contributed by atoms with E-state index in [1.807, 2.05) is 97.9 Å². The number of ketones is 1. The van der Waals surface area contributed by atoms with Crippen LogP contribution in [-0.2, 0) is 4.79 Å². The number of carbonyl (C=O) groups is 1. The van der Waals surface area contributed by atoms with Gasteiger partial charge in [-0.2, -0.15) is 0 Å². The largest absolute Gasteiger partial charge is 1.00 e. The Bertz CT molecular complexity index is 973. The van der Waals surface area contributed by atoms with Gasteiger partial charge in [0.25, 0.3) is 0 Å². The van der Waals surface area contributed by atoms with Crippen molar-refractivity contribution < 1.29 is 22.3 Å². The van der Waals surface area contributed by atoms with E-state index in [2.05, 4.69) is 5.32 Å². The maximum Gasteiger partial charge on any atom is 0.164 e. The van der Waals surface area contributed by atoms with Crippen LogP contribution in [0.25, 0.3) is 11.6 Å². The molecule has 0 fully saturated rings. The molecule has 5 heteroatoms. The van der Waals surface area contributed by atoms with Crippen molar-refractivity contribution in [3.63, 3.8) is 0 Å². The predicted molar refractivity (Wildman–Crippen MR) is 124 cm³/mol. The maximum absolute atomic E-state index is 13.0. The Morgan fingerprint density at radius 3 is 2.16 bits per heavy atom. The molecule has 0 amide bonds. The number of halogens is 2. The van der Waals surface area contributed by atoms with Crippen LogP contribution in [0.4, 0.5) is 0 Å². The first-order chi connectivity index (χ1) is 14.5. The Morgan fingerprint density at radius 1 is 0.968 bits per heavy atom. The molecule has 0 aliphatic carbocycles. The molecule has 3 nitrogen and oxygen atoms in total. The fourth-order valence-corrected chi connectivity index (χ4v) is 3.39. The molecule has 3 rings (SSSR count). The lowest BCUT2D eigenvalue weighted by molar-refractivity contribution is -0.113. The third-order valence-electron chi connectivity index (χ3n) is 5.00. The lowest BCUT2D eigenvalue weighted by Gasteiger charge is -2.20. The molecule has 2 atom stereocenters. The molecule has 3 aromatic carbocycles. The van der Waals surface area contributed by atoms with Crippen LogP contribution in [0.15, 0.2) is 84.9 Å². The van der Waals surface area contributed by atoms with Gasteiger partial charge in [-0.25, -0.2) is 0 Å². The van der Waals surface area contributed by atoms with E-state index in [1.54, 1.807) is 0 Å². The Hall–Kier alpha value is -2.43. The second-order valence-electron chi connectivity index (χ2n) is 7.25. The number of rotatable bonds is 9. The number of aliphatic hydroxyl groups excluding tert-OH is 1. The van der Waals surface area contributed by atoms with E-state index in [1.165, 1.54) is 0 Å². The first-order valence-corrected chi connectivity index (χ1v) is 10.4. The van der Waals surface area contributed by atoms with Crippen molar-refractivity contribution in [3.05, 3.63) is 107 Å². The molecule has 0 heterocycles. The van der Waals surface area contributed by atoms with Crippen LogP contribution in [0.2, 0.25) is 5.02 Å². The van der Waals surface area contributed by atoms with Crippen molar-refractivity contribution in [1.82, 2.24) is 5.32 Å². The number of hydrogen-bond donors (Lipinski definition) is 2. The van der Waals surface area contributed by atoms with E-state index >= 15 is 0 Å². The fraction of sp³-hybridized carbons (Fsp3) is 0.192. The van der Waals surface area contributed by atoms with Gasteiger partial charge in [0.1, 0.15) is 0 Å². The summed E-state index contributed by atoms with van der Waals surface area (Å²) in [5.74, 6) is 0.0463. The molecule has 0 bridgehead atoms. The molecule has 2 unspecified atom stereocenters. The van der Waals surface area contributed by atoms with E-state index in [-0.39, 0.29) is 24.2 Å². The fourth-order valence-electron chi connectivity index (χ4n) is 3.27. The van der Waals surface area contributed by atoms with Crippen molar-refractivity contribution in [3.8, 4) is 0 Å². The summed E-state index contributed by atoms with van der Waals surface area (Å²) in [6, 6.07) is 26.5. The van der Waals surface area contributed by atoms with Crippen LogP contribution < -0.4 is 17.7 Å². The average Bonchev–Trinajstić information content (AvgIpc) is 2.79. The van der Waals surface area contributed by atoms with E-state index in [9.17, 15) is 9.90 Å². The smallest absolute Gasteiger partial charge is 0.164 e. The third kappa shape index (κ3) is 7.34. The molecule has 31 heavy (non-hydrogen) atoms. The summed E-state index contributed by atoms with van der Waals surface area (Å²) in [5, 5.41) is 14.4. The molecule has 0 spiro atoms. The highest BCUT2D eigenvalue weighted by Gasteiger charge is 2.17. The van der Waals surface area contributed by atoms with Crippen molar-refractivity contribution >= 4 is 29.0 Å². The topological polar surface area (TPSA) is 49.3 Å². The maximum atomic E-state index is 13.0. The number of benzene rings is 3. The van der Waals surface area contributed by atoms with Gasteiger partial charge in [0, 0.05) is 29.6 Å². The van der Waals surface area contributed by atoms with E-state index < -0.39 is 6.10 Å². The van der Waals surface area contributed by atoms with E-state index in [4.69, 9.17) is 11.6 Å². The van der Waals surface area contributed by atoms with Crippen molar-refractivity contribution in [2.45, 2.75) is 25.5 Å². The summed E-state index contributed by atoms with van der Waals surface area (Å²) in [7, 11) is 0. The molecule has 0 aliphatic heterocycles. The van der Waals surface area contributed by atoms with Crippen LogP contribution in [0.3, 0.4) is 0 Å². The van der Waals surface area contributed by atoms with Gasteiger partial charge in [-0.15, -0.1) is 0 Å². The lowest BCUT2D eigenvalue weighted by Crippen LogP contribution is -3.00. The molecule has 0 aliphatic rings. The quantitative estimate of drug-likeness (QED) is 0.385. The molecule has 3 aromatic rings. The molecule has 0 saturated heterocycles. The van der Waals surface area contributed by atoms with Gasteiger partial charge in [0.2, 0.25) is 0 Å². The first kappa shape index (κ1) is 24.8. The number of Topliss-reactive ketones (excluding diaryl/α,β-unsaturated/α-hetero) is 1. The van der Waals surface area contributed by atoms with Gasteiger partial charge in [-0.3, -0.25) is 4.79 Å². The lowest BCUT2D eigenvalue weighted by atomic mass is 9.97. The van der Waals surface area contributed by atoms with Crippen molar-refractivity contribution in [1.29, 1.82) is 0 Å². The van der Waals surface area contributed by atoms with E-state index in [0.717, 1.165) is 16.7 Å². The normalized spacial score (nSPS) is 13.2. The van der Waals surface area contributed by atoms with Gasteiger partial charge in [0.05, 0.1) is 6.10 Å². The first-order valence-electron chi connectivity index (χ1n) is 10.1. The van der Waals surface area contributed by atoms with E-state index in [0.29, 0.717) is 23.6 Å². The average molecular weight is 455 g/mol. The minimum Gasteiger partial charge on any atom is -1.00 e. The Labute approximate surface area is 195 Å². The standard InChI is InChI=1S/C26H26ClNO2.ClH/c1-19(26(30)22-10-6-3-7-11-22)28-17-16-25(29)24(21-8-4-2-5-9-21)18-20-12-14-23(27)15-13-20;/h2-15,18-19,26,28,30H,16-17H2,1H3;1H/p-1/b24-18+;. The minimum atomic E-state index is -0.625. The summed E-state index contributed by atoms with van der Waals surface area (Å²) in [6.45, 7) is 2.40. The molecule has 162 valence electrons. The summed E-state index contributed by atoms with van der Waals surface area (Å²) < 4.78 is 0. The van der Waals surface area contributed by atoms with Gasteiger partial charge in [-0.1, -0.05) is 84.4 Å². The monoisotopic (exact) mass is 454 g/mol. The Morgan fingerprint density at radius 2 is 1.55 bits per heavy atom. The minimum absolute atomic E-state index is 0. The summed E-state index contributed by atoms with van der Waals surface area (Å²) in [6.07, 6.45) is 1.61. The molecule has 2 N–H and O–H groups in total. The van der Waals surface area contributed by atoms with Crippen LogP contribution in [-0.4, -0.2) is 23.5 Å². The van der Waals surface area contributed by atoms with Crippen LogP contribution in [0, 0.1) is 0 Å². The molecular weight excluding hydrogens is 429 g/mol. The van der Waals surface area contributed by atoms with Crippen LogP contribution >= 0.6 is 11.6 Å². The number of hydrogen-bond acceptors (Lipinski definition) is 3. The van der Waals surface area contributed by atoms with Gasteiger partial charge < -0.3 is 22.8 Å². The van der Waals surface area contributed by atoms with Crippen LogP contribution in [0.5, 0.6) is 0 Å². The van der Waals surface area contributed by atoms with Crippen molar-refractivity contribution in [2.24, 2.45) is 0 Å². The van der Waals surface area contributed by atoms with Gasteiger partial charge >= 0.3 is 0 Å².